The summed E-state index contributed by atoms with van der Waals surface area (Å²) in [6.45, 7) is 5.69. The van der Waals surface area contributed by atoms with E-state index in [0.29, 0.717) is 17.5 Å². The van der Waals surface area contributed by atoms with Crippen LogP contribution in [0, 0.1) is 6.92 Å². The quantitative estimate of drug-likeness (QED) is 0.144. The number of aromatic nitrogens is 1. The van der Waals surface area contributed by atoms with Gasteiger partial charge in [0.25, 0.3) is 0 Å². The van der Waals surface area contributed by atoms with Gasteiger partial charge in [0, 0.05) is 49.7 Å². The average Bonchev–Trinajstić information content (AvgIpc) is 3.13. The van der Waals surface area contributed by atoms with Gasteiger partial charge in [-0.15, -0.1) is 0 Å². The number of piperidine rings is 1. The summed E-state index contributed by atoms with van der Waals surface area (Å²) in [6, 6.07) is 25.4. The highest BCUT2D eigenvalue weighted by atomic mass is 16.5. The fourth-order valence-corrected chi connectivity index (χ4v) is 6.32. The van der Waals surface area contributed by atoms with Crippen molar-refractivity contribution in [2.24, 2.45) is 5.73 Å². The van der Waals surface area contributed by atoms with Crippen LogP contribution in [0.25, 0.3) is 11.3 Å². The predicted molar refractivity (Wildman–Crippen MR) is 194 cm³/mol. The summed E-state index contributed by atoms with van der Waals surface area (Å²) >= 11 is 0. The molecule has 2 N–H and O–H groups in total. The van der Waals surface area contributed by atoms with Gasteiger partial charge in [-0.1, -0.05) is 18.2 Å². The lowest BCUT2D eigenvalue weighted by atomic mass is 9.99. The minimum atomic E-state index is 0.379. The maximum Gasteiger partial charge on any atom is 0.161 e. The Morgan fingerprint density at radius 3 is 2.27 bits per heavy atom. The summed E-state index contributed by atoms with van der Waals surface area (Å²) in [4.78, 5) is 9.76. The van der Waals surface area contributed by atoms with Crippen molar-refractivity contribution in [3.05, 3.63) is 120 Å². The van der Waals surface area contributed by atoms with E-state index >= 15 is 0 Å². The van der Waals surface area contributed by atoms with Crippen LogP contribution in [0.15, 0.2) is 103 Å². The molecule has 0 unspecified atom stereocenters. The molecule has 1 saturated heterocycles. The molecule has 0 bridgehead atoms. The number of benzene rings is 3. The maximum absolute atomic E-state index is 5.87. The van der Waals surface area contributed by atoms with Crippen LogP contribution in [-0.2, 0) is 13.0 Å². The molecule has 0 atom stereocenters. The Morgan fingerprint density at radius 1 is 0.833 bits per heavy atom. The monoisotopic (exact) mass is 648 g/mol. The molecule has 4 aromatic rings. The van der Waals surface area contributed by atoms with Crippen molar-refractivity contribution in [3.63, 3.8) is 0 Å². The average molecular weight is 649 g/mol. The number of anilines is 1. The second-order valence-corrected chi connectivity index (χ2v) is 12.1. The van der Waals surface area contributed by atoms with Crippen LogP contribution < -0.4 is 29.6 Å². The fraction of sp³-hybridized carbons (Fsp3) is 0.325. The first-order valence-electron chi connectivity index (χ1n) is 16.5. The lowest BCUT2D eigenvalue weighted by Crippen LogP contribution is -2.45. The van der Waals surface area contributed by atoms with Gasteiger partial charge in [0.2, 0.25) is 0 Å². The predicted octanol–water partition coefficient (Wildman–Crippen LogP) is 7.20. The van der Waals surface area contributed by atoms with Crippen LogP contribution in [0.1, 0.15) is 29.5 Å². The number of hydrogen-bond donors (Lipinski definition) is 1. The zero-order chi connectivity index (χ0) is 33.9. The van der Waals surface area contributed by atoms with E-state index in [1.165, 1.54) is 22.4 Å². The van der Waals surface area contributed by atoms with Crippen LogP contribution in [0.4, 0.5) is 5.69 Å². The molecule has 8 heteroatoms. The normalized spacial score (nSPS) is 14.2. The summed E-state index contributed by atoms with van der Waals surface area (Å²) in [5.41, 5.74) is 13.7. The lowest BCUT2D eigenvalue weighted by molar-refractivity contribution is 0.224. The standard InChI is InChI=1S/C40H48N4O4/c1-29-6-7-30(25-39(29)47-4)8-9-31(16-20-41)27-43-22-18-35(19-23-43)44(34-11-13-36(45-2)14-12-34)28-32-17-21-42-37(24-32)33-10-15-38(46-3)40(26-33)48-5/h6-7,9-17,20-21,24-26,35H,8,18-19,22-23,27-28,41H2,1-5H3/b20-16-,31-9+. The van der Waals surface area contributed by atoms with Gasteiger partial charge in [0.05, 0.1) is 34.1 Å². The van der Waals surface area contributed by atoms with Crippen molar-refractivity contribution in [3.8, 4) is 34.3 Å². The van der Waals surface area contributed by atoms with E-state index < -0.39 is 0 Å². The van der Waals surface area contributed by atoms with Crippen LogP contribution in [-0.4, -0.2) is 64.0 Å². The number of likely N-dealkylation sites (tertiary alicyclic amines) is 1. The third kappa shape index (κ3) is 8.69. The Hall–Kier alpha value is -4.95. The van der Waals surface area contributed by atoms with Crippen LogP contribution >= 0.6 is 0 Å². The summed E-state index contributed by atoms with van der Waals surface area (Å²) in [5.74, 6) is 3.15. The van der Waals surface area contributed by atoms with Crippen molar-refractivity contribution >= 4 is 5.69 Å². The highest BCUT2D eigenvalue weighted by Crippen LogP contribution is 2.33. The molecular formula is C40H48N4O4. The minimum Gasteiger partial charge on any atom is -0.497 e. The smallest absolute Gasteiger partial charge is 0.161 e. The number of hydrogen-bond acceptors (Lipinski definition) is 8. The zero-order valence-corrected chi connectivity index (χ0v) is 28.8. The van der Waals surface area contributed by atoms with E-state index in [4.69, 9.17) is 29.7 Å². The van der Waals surface area contributed by atoms with Crippen molar-refractivity contribution < 1.29 is 18.9 Å². The van der Waals surface area contributed by atoms with Gasteiger partial charge < -0.3 is 29.6 Å². The minimum absolute atomic E-state index is 0.379. The molecule has 0 aliphatic carbocycles. The molecule has 1 fully saturated rings. The van der Waals surface area contributed by atoms with Gasteiger partial charge in [0.1, 0.15) is 11.5 Å². The maximum atomic E-state index is 5.87. The molecule has 252 valence electrons. The van der Waals surface area contributed by atoms with E-state index in [9.17, 15) is 0 Å². The van der Waals surface area contributed by atoms with E-state index in [2.05, 4.69) is 65.3 Å². The molecule has 48 heavy (non-hydrogen) atoms. The van der Waals surface area contributed by atoms with Gasteiger partial charge in [-0.3, -0.25) is 9.88 Å². The summed E-state index contributed by atoms with van der Waals surface area (Å²) < 4.78 is 22.0. The van der Waals surface area contributed by atoms with E-state index in [-0.39, 0.29) is 0 Å². The number of ether oxygens (including phenoxy) is 4. The number of methoxy groups -OCH3 is 4. The van der Waals surface area contributed by atoms with Crippen LogP contribution in [0.3, 0.4) is 0 Å². The van der Waals surface area contributed by atoms with Crippen LogP contribution in [0.5, 0.6) is 23.0 Å². The number of aryl methyl sites for hydroxylation is 1. The third-order valence-corrected chi connectivity index (χ3v) is 9.05. The third-order valence-electron chi connectivity index (χ3n) is 9.05. The first kappa shape index (κ1) is 34.4. The van der Waals surface area contributed by atoms with E-state index in [0.717, 1.165) is 73.8 Å². The Labute approximate surface area is 285 Å². The molecule has 0 spiro atoms. The summed E-state index contributed by atoms with van der Waals surface area (Å²) in [7, 11) is 6.72. The van der Waals surface area contributed by atoms with Gasteiger partial charge in [-0.2, -0.15) is 0 Å². The Bertz CT molecular complexity index is 1690. The molecule has 1 aliphatic rings. The lowest BCUT2D eigenvalue weighted by Gasteiger charge is -2.40. The molecular weight excluding hydrogens is 600 g/mol. The van der Waals surface area contributed by atoms with Crippen molar-refractivity contribution in [1.29, 1.82) is 0 Å². The second-order valence-electron chi connectivity index (χ2n) is 12.1. The number of pyridine rings is 1. The number of allylic oxidation sites excluding steroid dienone is 1. The first-order valence-corrected chi connectivity index (χ1v) is 16.5. The highest BCUT2D eigenvalue weighted by molar-refractivity contribution is 5.64. The molecule has 8 nitrogen and oxygen atoms in total. The molecule has 3 aromatic carbocycles. The summed E-state index contributed by atoms with van der Waals surface area (Å²) in [5, 5.41) is 0. The van der Waals surface area contributed by atoms with E-state index in [1.807, 2.05) is 42.6 Å². The summed E-state index contributed by atoms with van der Waals surface area (Å²) in [6.07, 6.45) is 10.8. The number of nitrogens with zero attached hydrogens (tertiary/aromatic N) is 3. The Morgan fingerprint density at radius 2 is 1.58 bits per heavy atom. The Kier molecular flexibility index (Phi) is 12.0. The highest BCUT2D eigenvalue weighted by Gasteiger charge is 2.26. The zero-order valence-electron chi connectivity index (χ0n) is 28.8. The molecule has 0 saturated carbocycles. The molecule has 0 radical (unpaired) electrons. The molecule has 1 aliphatic heterocycles. The van der Waals surface area contributed by atoms with Crippen molar-refractivity contribution in [2.75, 3.05) is 53.0 Å². The largest absolute Gasteiger partial charge is 0.497 e. The SMILES string of the molecule is COc1ccc(N(Cc2ccnc(-c3ccc(OC)c(OC)c3)c2)C2CCN(CC(/C=C\N)=C/Cc3ccc(C)c(OC)c3)CC2)cc1. The Balaban J connectivity index is 1.30. The fourth-order valence-electron chi connectivity index (χ4n) is 6.32. The van der Waals surface area contributed by atoms with Gasteiger partial charge >= 0.3 is 0 Å². The van der Waals surface area contributed by atoms with Gasteiger partial charge in [-0.25, -0.2) is 0 Å². The number of nitrogens with two attached hydrogens (primary N) is 1. The van der Waals surface area contributed by atoms with Crippen molar-refractivity contribution in [1.82, 2.24) is 9.88 Å². The van der Waals surface area contributed by atoms with Gasteiger partial charge in [0.15, 0.2) is 11.5 Å². The van der Waals surface area contributed by atoms with Crippen LogP contribution in [0.2, 0.25) is 0 Å². The first-order chi connectivity index (χ1) is 23.4. The molecule has 0 amide bonds. The molecule has 5 rings (SSSR count). The van der Waals surface area contributed by atoms with E-state index in [1.54, 1.807) is 34.6 Å². The molecule has 1 aromatic heterocycles. The van der Waals surface area contributed by atoms with Gasteiger partial charge in [-0.05, 0) is 121 Å². The number of rotatable bonds is 14. The van der Waals surface area contributed by atoms with Crippen molar-refractivity contribution in [2.45, 2.75) is 38.8 Å². The molecule has 2 heterocycles. The second kappa shape index (κ2) is 16.7. The topological polar surface area (TPSA) is 82.3 Å².